The van der Waals surface area contributed by atoms with Crippen molar-refractivity contribution >= 4 is 5.91 Å². The molecule has 0 unspecified atom stereocenters. The highest BCUT2D eigenvalue weighted by Gasteiger charge is 2.26. The van der Waals surface area contributed by atoms with Gasteiger partial charge < -0.3 is 9.32 Å². The third-order valence-electron chi connectivity index (χ3n) is 4.35. The zero-order chi connectivity index (χ0) is 16.1. The third-order valence-corrected chi connectivity index (χ3v) is 4.35. The van der Waals surface area contributed by atoms with Crippen LogP contribution in [0.15, 0.2) is 35.5 Å². The summed E-state index contributed by atoms with van der Waals surface area (Å²) in [5.41, 5.74) is 0. The minimum atomic E-state index is 0.117. The molecule has 1 aliphatic rings. The molecule has 0 radical (unpaired) electrons. The van der Waals surface area contributed by atoms with E-state index in [4.69, 9.17) is 4.42 Å². The fraction of sp³-hybridized carbons (Fsp3) is 0.562. The summed E-state index contributed by atoms with van der Waals surface area (Å²) < 4.78 is 7.16. The average Bonchev–Trinajstić information content (AvgIpc) is 3.23. The van der Waals surface area contributed by atoms with Gasteiger partial charge in [0, 0.05) is 13.1 Å². The van der Waals surface area contributed by atoms with E-state index in [1.54, 1.807) is 23.8 Å². The van der Waals surface area contributed by atoms with Gasteiger partial charge in [0.15, 0.2) is 0 Å². The van der Waals surface area contributed by atoms with E-state index in [1.165, 1.54) is 6.42 Å². The molecule has 2 aromatic rings. The van der Waals surface area contributed by atoms with Gasteiger partial charge in [-0.1, -0.05) is 6.42 Å². The maximum absolute atomic E-state index is 12.5. The Morgan fingerprint density at radius 1 is 1.48 bits per heavy atom. The van der Waals surface area contributed by atoms with Crippen molar-refractivity contribution in [2.45, 2.75) is 38.4 Å². The van der Waals surface area contributed by atoms with Gasteiger partial charge in [-0.25, -0.2) is 4.98 Å². The van der Waals surface area contributed by atoms with E-state index in [9.17, 15) is 4.79 Å². The minimum Gasteiger partial charge on any atom is -0.467 e. The smallest absolute Gasteiger partial charge is 0.236 e. The number of likely N-dealkylation sites (N-methyl/N-ethyl adjacent to an activating group) is 1. The molecule has 0 spiro atoms. The Bertz CT molecular complexity index is 596. The fourth-order valence-electron chi connectivity index (χ4n) is 3.04. The summed E-state index contributed by atoms with van der Waals surface area (Å²) in [6.45, 7) is 2.69. The van der Waals surface area contributed by atoms with Crippen molar-refractivity contribution in [3.8, 4) is 0 Å². The number of furan rings is 1. The molecule has 2 aromatic heterocycles. The summed E-state index contributed by atoms with van der Waals surface area (Å²) in [5.74, 6) is 0.922. The number of aromatic nitrogens is 3. The Hall–Kier alpha value is -2.15. The number of carbonyl (C=O) groups excluding carboxylic acids is 1. The molecule has 1 atom stereocenters. The highest BCUT2D eigenvalue weighted by Crippen LogP contribution is 2.18. The molecule has 124 valence electrons. The van der Waals surface area contributed by atoms with Gasteiger partial charge in [0.1, 0.15) is 18.4 Å². The number of rotatable bonds is 6. The van der Waals surface area contributed by atoms with E-state index in [1.807, 2.05) is 23.9 Å². The van der Waals surface area contributed by atoms with Crippen molar-refractivity contribution in [1.82, 2.24) is 24.6 Å². The molecule has 0 aliphatic carbocycles. The molecule has 0 N–H and O–H groups in total. The normalized spacial score (nSPS) is 18.9. The number of nitrogens with zero attached hydrogens (tertiary/aromatic N) is 5. The first-order valence-electron chi connectivity index (χ1n) is 8.05. The average molecular weight is 317 g/mol. The number of amides is 1. The van der Waals surface area contributed by atoms with Crippen LogP contribution in [0.4, 0.5) is 0 Å². The van der Waals surface area contributed by atoms with Crippen molar-refractivity contribution in [2.75, 3.05) is 20.1 Å². The summed E-state index contributed by atoms with van der Waals surface area (Å²) in [7, 11) is 1.82. The quantitative estimate of drug-likeness (QED) is 0.805. The minimum absolute atomic E-state index is 0.117. The summed E-state index contributed by atoms with van der Waals surface area (Å²) in [6, 6.07) is 4.07. The molecule has 1 saturated heterocycles. The molecule has 1 fully saturated rings. The third kappa shape index (κ3) is 4.19. The highest BCUT2D eigenvalue weighted by molar-refractivity contribution is 5.78. The number of carbonyl (C=O) groups is 1. The van der Waals surface area contributed by atoms with Gasteiger partial charge in [-0.3, -0.25) is 14.4 Å². The van der Waals surface area contributed by atoms with Crippen molar-refractivity contribution < 1.29 is 9.21 Å². The van der Waals surface area contributed by atoms with Gasteiger partial charge in [0.2, 0.25) is 5.91 Å². The molecule has 0 bridgehead atoms. The lowest BCUT2D eigenvalue weighted by Crippen LogP contribution is -2.47. The fourth-order valence-corrected chi connectivity index (χ4v) is 3.04. The molecule has 0 aromatic carbocycles. The van der Waals surface area contributed by atoms with E-state index in [-0.39, 0.29) is 5.91 Å². The zero-order valence-corrected chi connectivity index (χ0v) is 13.5. The number of hydrogen-bond acceptors (Lipinski definition) is 5. The van der Waals surface area contributed by atoms with Crippen molar-refractivity contribution in [1.29, 1.82) is 0 Å². The molecule has 1 aliphatic heterocycles. The Morgan fingerprint density at radius 3 is 3.13 bits per heavy atom. The topological polar surface area (TPSA) is 67.4 Å². The van der Waals surface area contributed by atoms with Crippen LogP contribution in [0.1, 0.15) is 25.0 Å². The van der Waals surface area contributed by atoms with Crippen LogP contribution < -0.4 is 0 Å². The lowest BCUT2D eigenvalue weighted by Gasteiger charge is -2.35. The lowest BCUT2D eigenvalue weighted by atomic mass is 10.0. The standard InChI is InChI=1S/C16H23N5O2/c1-19(10-15-6-4-8-23-15)16(22)11-20-7-3-2-5-14(20)9-21-13-17-12-18-21/h4,6,8,12-14H,2-3,5,7,9-11H2,1H3/t14-/m0/s1. The maximum atomic E-state index is 12.5. The van der Waals surface area contributed by atoms with E-state index in [0.29, 0.717) is 19.1 Å². The monoisotopic (exact) mass is 317 g/mol. The van der Waals surface area contributed by atoms with Gasteiger partial charge in [-0.2, -0.15) is 5.10 Å². The molecule has 7 heteroatoms. The molecule has 23 heavy (non-hydrogen) atoms. The second-order valence-corrected chi connectivity index (χ2v) is 6.07. The molecular formula is C16H23N5O2. The zero-order valence-electron chi connectivity index (χ0n) is 13.5. The van der Waals surface area contributed by atoms with E-state index >= 15 is 0 Å². The van der Waals surface area contributed by atoms with Gasteiger partial charge >= 0.3 is 0 Å². The van der Waals surface area contributed by atoms with Gasteiger partial charge in [0.05, 0.1) is 25.9 Å². The largest absolute Gasteiger partial charge is 0.467 e. The molecular weight excluding hydrogens is 294 g/mol. The molecule has 7 nitrogen and oxygen atoms in total. The first-order chi connectivity index (χ1) is 11.2. The van der Waals surface area contributed by atoms with Crippen molar-refractivity contribution in [3.05, 3.63) is 36.8 Å². The predicted molar refractivity (Wildman–Crippen MR) is 84.4 cm³/mol. The number of piperidine rings is 1. The Kier molecular flexibility index (Phi) is 5.07. The van der Waals surface area contributed by atoms with Crippen LogP contribution in [0.5, 0.6) is 0 Å². The Balaban J connectivity index is 1.56. The van der Waals surface area contributed by atoms with Gasteiger partial charge in [-0.15, -0.1) is 0 Å². The van der Waals surface area contributed by atoms with Crippen LogP contribution in [-0.4, -0.2) is 56.7 Å². The van der Waals surface area contributed by atoms with Gasteiger partial charge in [-0.05, 0) is 31.5 Å². The van der Waals surface area contributed by atoms with Crippen LogP contribution in [0.2, 0.25) is 0 Å². The van der Waals surface area contributed by atoms with Crippen molar-refractivity contribution in [2.24, 2.45) is 0 Å². The first-order valence-corrected chi connectivity index (χ1v) is 8.05. The van der Waals surface area contributed by atoms with Crippen molar-refractivity contribution in [3.63, 3.8) is 0 Å². The van der Waals surface area contributed by atoms with Gasteiger partial charge in [0.25, 0.3) is 0 Å². The van der Waals surface area contributed by atoms with Crippen LogP contribution in [0.25, 0.3) is 0 Å². The molecule has 1 amide bonds. The second kappa shape index (κ2) is 7.41. The SMILES string of the molecule is CN(Cc1ccco1)C(=O)CN1CCCC[C@H]1Cn1cncn1. The highest BCUT2D eigenvalue weighted by atomic mass is 16.3. The Labute approximate surface area is 135 Å². The number of likely N-dealkylation sites (tertiary alicyclic amines) is 1. The predicted octanol–water partition coefficient (Wildman–Crippen LogP) is 1.38. The summed E-state index contributed by atoms with van der Waals surface area (Å²) in [4.78, 5) is 20.5. The number of hydrogen-bond donors (Lipinski definition) is 0. The summed E-state index contributed by atoms with van der Waals surface area (Å²) >= 11 is 0. The summed E-state index contributed by atoms with van der Waals surface area (Å²) in [5, 5.41) is 4.18. The van der Waals surface area contributed by atoms with E-state index < -0.39 is 0 Å². The van der Waals surface area contributed by atoms with Crippen LogP contribution in [-0.2, 0) is 17.9 Å². The van der Waals surface area contributed by atoms with E-state index in [2.05, 4.69) is 15.0 Å². The van der Waals surface area contributed by atoms with Crippen LogP contribution in [0, 0.1) is 0 Å². The molecule has 0 saturated carbocycles. The maximum Gasteiger partial charge on any atom is 0.236 e. The van der Waals surface area contributed by atoms with Crippen LogP contribution in [0.3, 0.4) is 0 Å². The van der Waals surface area contributed by atoms with E-state index in [0.717, 1.165) is 31.7 Å². The van der Waals surface area contributed by atoms with Crippen LogP contribution >= 0.6 is 0 Å². The molecule has 3 heterocycles. The second-order valence-electron chi connectivity index (χ2n) is 6.07. The lowest BCUT2D eigenvalue weighted by molar-refractivity contribution is -0.133. The summed E-state index contributed by atoms with van der Waals surface area (Å²) in [6.07, 6.45) is 8.35. The Morgan fingerprint density at radius 2 is 2.39 bits per heavy atom. The first kappa shape index (κ1) is 15.7. The molecule has 3 rings (SSSR count).